The van der Waals surface area contributed by atoms with E-state index in [1.807, 2.05) is 24.3 Å². The fourth-order valence-electron chi connectivity index (χ4n) is 3.97. The van der Waals surface area contributed by atoms with Gasteiger partial charge < -0.3 is 9.64 Å². The highest BCUT2D eigenvalue weighted by Gasteiger charge is 2.29. The Morgan fingerprint density at radius 1 is 1.06 bits per heavy atom. The third-order valence-corrected chi connectivity index (χ3v) is 7.10. The molecule has 0 radical (unpaired) electrons. The maximum atomic E-state index is 13.1. The molecule has 10 nitrogen and oxygen atoms in total. The highest BCUT2D eigenvalue weighted by molar-refractivity contribution is 7.92. The van der Waals surface area contributed by atoms with Crippen LogP contribution in [-0.2, 0) is 26.0 Å². The van der Waals surface area contributed by atoms with Crippen molar-refractivity contribution in [2.24, 2.45) is 0 Å². The lowest BCUT2D eigenvalue weighted by Gasteiger charge is -2.31. The average molecular weight is 510 g/mol. The molecule has 36 heavy (non-hydrogen) atoms. The standard InChI is InChI=1S/C25H23N3O7S/c1-17(24(29)27-15-7-9-18-8-2-5-14-23(18)27)35-25(30)21-12-3-4-13-22(21)26-36(33,34)20-11-6-10-19(16-20)28(31)32/h2-6,8,10-14,16-17,26H,7,9,15H2,1H3. The molecule has 0 aliphatic carbocycles. The summed E-state index contributed by atoms with van der Waals surface area (Å²) >= 11 is 0. The fraction of sp³-hybridized carbons (Fsp3) is 0.200. The molecule has 1 aliphatic rings. The van der Waals surface area contributed by atoms with Crippen LogP contribution in [0, 0.1) is 10.1 Å². The van der Waals surface area contributed by atoms with Crippen molar-refractivity contribution in [1.82, 2.24) is 0 Å². The third-order valence-electron chi connectivity index (χ3n) is 5.74. The first-order valence-electron chi connectivity index (χ1n) is 11.1. The van der Waals surface area contributed by atoms with E-state index < -0.39 is 32.7 Å². The molecule has 1 N–H and O–H groups in total. The maximum Gasteiger partial charge on any atom is 0.341 e. The van der Waals surface area contributed by atoms with E-state index in [-0.39, 0.29) is 22.1 Å². The Kier molecular flexibility index (Phi) is 7.02. The normalized spacial score (nSPS) is 13.9. The van der Waals surface area contributed by atoms with Gasteiger partial charge in [0.1, 0.15) is 0 Å². The second-order valence-electron chi connectivity index (χ2n) is 8.18. The van der Waals surface area contributed by atoms with Crippen molar-refractivity contribution in [3.63, 3.8) is 0 Å². The Balaban J connectivity index is 1.52. The minimum atomic E-state index is -4.26. The molecule has 1 heterocycles. The zero-order chi connectivity index (χ0) is 25.9. The van der Waals surface area contributed by atoms with Crippen LogP contribution in [0.25, 0.3) is 0 Å². The van der Waals surface area contributed by atoms with E-state index in [2.05, 4.69) is 4.72 Å². The SMILES string of the molecule is CC(OC(=O)c1ccccc1NS(=O)(=O)c1cccc([N+](=O)[O-])c1)C(=O)N1CCCc2ccccc21. The van der Waals surface area contributed by atoms with E-state index in [0.717, 1.165) is 30.2 Å². The minimum absolute atomic E-state index is 0.0861. The van der Waals surface area contributed by atoms with E-state index in [1.165, 1.54) is 49.4 Å². The van der Waals surface area contributed by atoms with E-state index in [0.29, 0.717) is 6.54 Å². The monoisotopic (exact) mass is 509 g/mol. The Morgan fingerprint density at radius 3 is 2.56 bits per heavy atom. The first-order valence-corrected chi connectivity index (χ1v) is 12.6. The van der Waals surface area contributed by atoms with Gasteiger partial charge in [0.2, 0.25) is 0 Å². The van der Waals surface area contributed by atoms with Gasteiger partial charge in [0.15, 0.2) is 6.10 Å². The highest BCUT2D eigenvalue weighted by Crippen LogP contribution is 2.28. The van der Waals surface area contributed by atoms with Gasteiger partial charge in [-0.25, -0.2) is 13.2 Å². The summed E-state index contributed by atoms with van der Waals surface area (Å²) in [6.07, 6.45) is 0.517. The predicted octanol–water partition coefficient (Wildman–Crippen LogP) is 3.92. The van der Waals surface area contributed by atoms with Crippen molar-refractivity contribution in [3.8, 4) is 0 Å². The number of anilines is 2. The molecular formula is C25H23N3O7S. The molecule has 1 aliphatic heterocycles. The van der Waals surface area contributed by atoms with Crippen molar-refractivity contribution in [2.75, 3.05) is 16.2 Å². The van der Waals surface area contributed by atoms with Gasteiger partial charge >= 0.3 is 5.97 Å². The lowest BCUT2D eigenvalue weighted by atomic mass is 10.0. The van der Waals surface area contributed by atoms with Crippen LogP contribution in [0.1, 0.15) is 29.3 Å². The van der Waals surface area contributed by atoms with E-state index >= 15 is 0 Å². The molecule has 1 atom stereocenters. The molecule has 1 unspecified atom stereocenters. The lowest BCUT2D eigenvalue weighted by Crippen LogP contribution is -2.42. The molecule has 0 saturated heterocycles. The Morgan fingerprint density at radius 2 is 1.78 bits per heavy atom. The second kappa shape index (κ2) is 10.2. The summed E-state index contributed by atoms with van der Waals surface area (Å²) in [4.78, 5) is 37.6. The van der Waals surface area contributed by atoms with Crippen molar-refractivity contribution >= 4 is 39.0 Å². The van der Waals surface area contributed by atoms with Gasteiger partial charge in [-0.1, -0.05) is 36.4 Å². The maximum absolute atomic E-state index is 13.1. The summed E-state index contributed by atoms with van der Waals surface area (Å²) < 4.78 is 33.4. The molecule has 0 saturated carbocycles. The Labute approximate surface area is 207 Å². The summed E-state index contributed by atoms with van der Waals surface area (Å²) in [6.45, 7) is 1.96. The lowest BCUT2D eigenvalue weighted by molar-refractivity contribution is -0.385. The number of nitro groups is 1. The molecule has 0 spiro atoms. The first kappa shape index (κ1) is 24.9. The molecule has 186 valence electrons. The molecule has 3 aromatic carbocycles. The number of nitro benzene ring substituents is 1. The largest absolute Gasteiger partial charge is 0.449 e. The van der Waals surface area contributed by atoms with Crippen LogP contribution in [0.2, 0.25) is 0 Å². The number of hydrogen-bond donors (Lipinski definition) is 1. The summed E-state index contributed by atoms with van der Waals surface area (Å²) in [5.74, 6) is -1.27. The number of benzene rings is 3. The van der Waals surface area contributed by atoms with Crippen molar-refractivity contribution in [1.29, 1.82) is 0 Å². The second-order valence-corrected chi connectivity index (χ2v) is 9.86. The average Bonchev–Trinajstić information content (AvgIpc) is 2.88. The van der Waals surface area contributed by atoms with Crippen LogP contribution < -0.4 is 9.62 Å². The Bertz CT molecular complexity index is 1440. The number of fused-ring (bicyclic) bond motifs is 1. The van der Waals surface area contributed by atoms with Gasteiger partial charge in [0, 0.05) is 24.4 Å². The van der Waals surface area contributed by atoms with Crippen molar-refractivity contribution in [3.05, 3.63) is 94.0 Å². The van der Waals surface area contributed by atoms with Gasteiger partial charge in [-0.15, -0.1) is 0 Å². The van der Waals surface area contributed by atoms with Gasteiger partial charge in [0.05, 0.1) is 21.1 Å². The summed E-state index contributed by atoms with van der Waals surface area (Å²) in [6, 6.07) is 17.8. The zero-order valence-corrected chi connectivity index (χ0v) is 20.1. The van der Waals surface area contributed by atoms with Crippen LogP contribution in [0.5, 0.6) is 0 Å². The smallest absolute Gasteiger partial charge is 0.341 e. The van der Waals surface area contributed by atoms with Crippen LogP contribution >= 0.6 is 0 Å². The van der Waals surface area contributed by atoms with Gasteiger partial charge in [-0.05, 0) is 49.6 Å². The van der Waals surface area contributed by atoms with Crippen LogP contribution in [-0.4, -0.2) is 37.9 Å². The molecule has 1 amide bonds. The molecule has 3 aromatic rings. The molecule has 4 rings (SSSR count). The zero-order valence-electron chi connectivity index (χ0n) is 19.3. The predicted molar refractivity (Wildman–Crippen MR) is 132 cm³/mol. The number of nitrogens with one attached hydrogen (secondary N) is 1. The summed E-state index contributed by atoms with van der Waals surface area (Å²) in [7, 11) is -4.26. The van der Waals surface area contributed by atoms with E-state index in [4.69, 9.17) is 4.74 Å². The number of para-hydroxylation sites is 2. The number of aryl methyl sites for hydroxylation is 1. The van der Waals surface area contributed by atoms with Crippen LogP contribution in [0.15, 0.2) is 77.7 Å². The van der Waals surface area contributed by atoms with Crippen LogP contribution in [0.3, 0.4) is 0 Å². The van der Waals surface area contributed by atoms with E-state index in [1.54, 1.807) is 4.90 Å². The van der Waals surface area contributed by atoms with Crippen LogP contribution in [0.4, 0.5) is 17.1 Å². The molecule has 0 aromatic heterocycles. The van der Waals surface area contributed by atoms with Crippen molar-refractivity contribution in [2.45, 2.75) is 30.8 Å². The molecular weight excluding hydrogens is 486 g/mol. The van der Waals surface area contributed by atoms with E-state index in [9.17, 15) is 28.1 Å². The van der Waals surface area contributed by atoms with Gasteiger partial charge in [0.25, 0.3) is 21.6 Å². The number of non-ortho nitro benzene ring substituents is 1. The number of carbonyl (C=O) groups is 2. The summed E-state index contributed by atoms with van der Waals surface area (Å²) in [5.41, 5.74) is 1.23. The number of carbonyl (C=O) groups excluding carboxylic acids is 2. The fourth-order valence-corrected chi connectivity index (χ4v) is 5.09. The highest BCUT2D eigenvalue weighted by atomic mass is 32.2. The summed E-state index contributed by atoms with van der Waals surface area (Å²) in [5, 5.41) is 11.0. The van der Waals surface area contributed by atoms with Gasteiger partial charge in [-0.2, -0.15) is 0 Å². The molecule has 0 fully saturated rings. The number of amides is 1. The number of ether oxygens (including phenoxy) is 1. The molecule has 0 bridgehead atoms. The number of hydrogen-bond acceptors (Lipinski definition) is 7. The first-order chi connectivity index (χ1) is 17.2. The number of rotatable bonds is 7. The Hall–Kier alpha value is -4.25. The minimum Gasteiger partial charge on any atom is -0.449 e. The number of sulfonamides is 1. The quantitative estimate of drug-likeness (QED) is 0.290. The molecule has 11 heteroatoms. The van der Waals surface area contributed by atoms with Crippen molar-refractivity contribution < 1.29 is 27.7 Å². The third kappa shape index (κ3) is 5.20. The number of esters is 1. The topological polar surface area (TPSA) is 136 Å². The number of nitrogens with zero attached hydrogens (tertiary/aromatic N) is 2. The van der Waals surface area contributed by atoms with Gasteiger partial charge in [-0.3, -0.25) is 19.6 Å².